The lowest BCUT2D eigenvalue weighted by Crippen LogP contribution is -2.43. The van der Waals surface area contributed by atoms with E-state index in [1.54, 1.807) is 0 Å². The molecule has 0 saturated heterocycles. The van der Waals surface area contributed by atoms with Gasteiger partial charge in [-0.05, 0) is 32.8 Å². The molecule has 2 rings (SSSR count). The van der Waals surface area contributed by atoms with E-state index in [-0.39, 0.29) is 6.04 Å². The molecular formula is C12H20N4. The van der Waals surface area contributed by atoms with Crippen LogP contribution < -0.4 is 11.1 Å². The molecule has 3 N–H and O–H groups in total. The van der Waals surface area contributed by atoms with E-state index in [9.17, 15) is 0 Å². The minimum atomic E-state index is 0.234. The Balaban J connectivity index is 2.07. The minimum absolute atomic E-state index is 0.234. The third-order valence-corrected chi connectivity index (χ3v) is 3.12. The van der Waals surface area contributed by atoms with Gasteiger partial charge in [-0.3, -0.25) is 0 Å². The average molecular weight is 220 g/mol. The van der Waals surface area contributed by atoms with Crippen LogP contribution in [0.5, 0.6) is 0 Å². The normalized spacial score (nSPS) is 25.4. The third-order valence-electron chi connectivity index (χ3n) is 3.12. The highest BCUT2D eigenvalue weighted by Crippen LogP contribution is 2.19. The number of nitrogens with two attached hydrogens (primary N) is 1. The number of nitrogens with one attached hydrogen (secondary N) is 1. The molecule has 0 spiro atoms. The van der Waals surface area contributed by atoms with Crippen LogP contribution in [-0.4, -0.2) is 22.1 Å². The molecule has 88 valence electrons. The van der Waals surface area contributed by atoms with E-state index in [0.717, 1.165) is 30.2 Å². The van der Waals surface area contributed by atoms with Crippen molar-refractivity contribution in [2.45, 2.75) is 51.6 Å². The largest absolute Gasteiger partial charge is 0.350 e. The molecule has 0 aliphatic heterocycles. The second-order valence-corrected chi connectivity index (χ2v) is 4.67. The van der Waals surface area contributed by atoms with E-state index in [2.05, 4.69) is 15.3 Å². The molecule has 0 aromatic carbocycles. The molecule has 1 heterocycles. The SMILES string of the molecule is Cc1cc(C)nc(N[C@H]2CCCC[C@H]2N)n1. The monoisotopic (exact) mass is 220 g/mol. The zero-order valence-electron chi connectivity index (χ0n) is 10.0. The number of aryl methyl sites for hydroxylation is 2. The second kappa shape index (κ2) is 4.78. The number of rotatable bonds is 2. The maximum Gasteiger partial charge on any atom is 0.223 e. The summed E-state index contributed by atoms with van der Waals surface area (Å²) in [7, 11) is 0. The highest BCUT2D eigenvalue weighted by molar-refractivity contribution is 5.29. The van der Waals surface area contributed by atoms with E-state index in [1.165, 1.54) is 12.8 Å². The maximum absolute atomic E-state index is 6.08. The Bertz CT molecular complexity index is 344. The van der Waals surface area contributed by atoms with Crippen molar-refractivity contribution < 1.29 is 0 Å². The van der Waals surface area contributed by atoms with Crippen LogP contribution in [0.2, 0.25) is 0 Å². The first kappa shape index (κ1) is 11.3. The van der Waals surface area contributed by atoms with Crippen molar-refractivity contribution >= 4 is 5.95 Å². The quantitative estimate of drug-likeness (QED) is 0.797. The average Bonchev–Trinajstić information content (AvgIpc) is 2.20. The van der Waals surface area contributed by atoms with Crippen LogP contribution >= 0.6 is 0 Å². The van der Waals surface area contributed by atoms with Gasteiger partial charge in [-0.1, -0.05) is 12.8 Å². The van der Waals surface area contributed by atoms with Crippen molar-refractivity contribution in [1.29, 1.82) is 0 Å². The van der Waals surface area contributed by atoms with E-state index in [4.69, 9.17) is 5.73 Å². The summed E-state index contributed by atoms with van der Waals surface area (Å²) in [6, 6.07) is 2.54. The van der Waals surface area contributed by atoms with E-state index >= 15 is 0 Å². The molecule has 0 unspecified atom stereocenters. The van der Waals surface area contributed by atoms with Gasteiger partial charge >= 0.3 is 0 Å². The summed E-state index contributed by atoms with van der Waals surface area (Å²) in [4.78, 5) is 8.77. The highest BCUT2D eigenvalue weighted by Gasteiger charge is 2.22. The molecule has 4 nitrogen and oxygen atoms in total. The minimum Gasteiger partial charge on any atom is -0.350 e. The zero-order chi connectivity index (χ0) is 11.5. The summed E-state index contributed by atoms with van der Waals surface area (Å²) < 4.78 is 0. The molecule has 1 aliphatic carbocycles. The van der Waals surface area contributed by atoms with Gasteiger partial charge in [0.2, 0.25) is 5.95 Å². The molecule has 1 fully saturated rings. The Hall–Kier alpha value is -1.16. The zero-order valence-corrected chi connectivity index (χ0v) is 10.0. The Labute approximate surface area is 96.7 Å². The van der Waals surface area contributed by atoms with Crippen molar-refractivity contribution in [2.24, 2.45) is 5.73 Å². The molecule has 1 aromatic heterocycles. The molecule has 1 aromatic rings. The van der Waals surface area contributed by atoms with Crippen molar-refractivity contribution in [3.05, 3.63) is 17.5 Å². The lowest BCUT2D eigenvalue weighted by molar-refractivity contribution is 0.402. The molecule has 4 heteroatoms. The van der Waals surface area contributed by atoms with Crippen LogP contribution in [0.15, 0.2) is 6.07 Å². The van der Waals surface area contributed by atoms with Gasteiger partial charge in [-0.25, -0.2) is 9.97 Å². The Morgan fingerprint density at radius 1 is 1.19 bits per heavy atom. The number of aromatic nitrogens is 2. The summed E-state index contributed by atoms with van der Waals surface area (Å²) in [5.74, 6) is 0.722. The van der Waals surface area contributed by atoms with Gasteiger partial charge in [0.15, 0.2) is 0 Å². The summed E-state index contributed by atoms with van der Waals surface area (Å²) >= 11 is 0. The van der Waals surface area contributed by atoms with Gasteiger partial charge in [0.05, 0.1) is 0 Å². The van der Waals surface area contributed by atoms with Gasteiger partial charge < -0.3 is 11.1 Å². The summed E-state index contributed by atoms with van der Waals surface area (Å²) in [5, 5.41) is 3.37. The van der Waals surface area contributed by atoms with Gasteiger partial charge in [0.25, 0.3) is 0 Å². The molecule has 1 saturated carbocycles. The van der Waals surface area contributed by atoms with Crippen LogP contribution in [0.1, 0.15) is 37.1 Å². The standard InChI is InChI=1S/C12H20N4/c1-8-7-9(2)15-12(14-8)16-11-6-4-3-5-10(11)13/h7,10-11H,3-6,13H2,1-2H3,(H,14,15,16)/t10-,11+/m1/s1. The number of nitrogens with zero attached hydrogens (tertiary/aromatic N) is 2. The van der Waals surface area contributed by atoms with E-state index in [1.807, 2.05) is 19.9 Å². The fraction of sp³-hybridized carbons (Fsp3) is 0.667. The highest BCUT2D eigenvalue weighted by atomic mass is 15.1. The van der Waals surface area contributed by atoms with Crippen LogP contribution in [0.25, 0.3) is 0 Å². The van der Waals surface area contributed by atoms with Crippen molar-refractivity contribution in [3.63, 3.8) is 0 Å². The fourth-order valence-corrected chi connectivity index (χ4v) is 2.30. The molecular weight excluding hydrogens is 200 g/mol. The first-order chi connectivity index (χ1) is 7.65. The van der Waals surface area contributed by atoms with Gasteiger partial charge in [0, 0.05) is 23.5 Å². The smallest absolute Gasteiger partial charge is 0.223 e. The van der Waals surface area contributed by atoms with E-state index < -0.39 is 0 Å². The summed E-state index contributed by atoms with van der Waals surface area (Å²) in [6.07, 6.45) is 4.71. The molecule has 1 aliphatic rings. The van der Waals surface area contributed by atoms with Crippen LogP contribution in [0.4, 0.5) is 5.95 Å². The molecule has 0 amide bonds. The van der Waals surface area contributed by atoms with Crippen LogP contribution in [0, 0.1) is 13.8 Å². The van der Waals surface area contributed by atoms with E-state index in [0.29, 0.717) is 6.04 Å². The van der Waals surface area contributed by atoms with Gasteiger partial charge in [0.1, 0.15) is 0 Å². The van der Waals surface area contributed by atoms with Crippen LogP contribution in [-0.2, 0) is 0 Å². The molecule has 0 radical (unpaired) electrons. The third kappa shape index (κ3) is 2.70. The maximum atomic E-state index is 6.08. The van der Waals surface area contributed by atoms with Gasteiger partial charge in [-0.2, -0.15) is 0 Å². The van der Waals surface area contributed by atoms with Crippen molar-refractivity contribution in [1.82, 2.24) is 9.97 Å². The predicted octanol–water partition coefficient (Wildman–Crippen LogP) is 1.78. The fourth-order valence-electron chi connectivity index (χ4n) is 2.30. The summed E-state index contributed by atoms with van der Waals surface area (Å²) in [5.41, 5.74) is 8.08. The van der Waals surface area contributed by atoms with Gasteiger partial charge in [-0.15, -0.1) is 0 Å². The van der Waals surface area contributed by atoms with Crippen molar-refractivity contribution in [2.75, 3.05) is 5.32 Å². The Morgan fingerprint density at radius 2 is 1.81 bits per heavy atom. The lowest BCUT2D eigenvalue weighted by Gasteiger charge is -2.29. The van der Waals surface area contributed by atoms with Crippen LogP contribution in [0.3, 0.4) is 0 Å². The Morgan fingerprint density at radius 3 is 2.44 bits per heavy atom. The first-order valence-electron chi connectivity index (χ1n) is 5.99. The Kier molecular flexibility index (Phi) is 3.39. The molecule has 0 bridgehead atoms. The topological polar surface area (TPSA) is 63.8 Å². The second-order valence-electron chi connectivity index (χ2n) is 4.67. The first-order valence-corrected chi connectivity index (χ1v) is 5.99. The predicted molar refractivity (Wildman–Crippen MR) is 65.4 cm³/mol. The number of hydrogen-bond donors (Lipinski definition) is 2. The molecule has 16 heavy (non-hydrogen) atoms. The number of hydrogen-bond acceptors (Lipinski definition) is 4. The summed E-state index contributed by atoms with van der Waals surface area (Å²) in [6.45, 7) is 3.97. The number of anilines is 1. The lowest BCUT2D eigenvalue weighted by atomic mass is 9.91. The molecule has 2 atom stereocenters. The van der Waals surface area contributed by atoms with Crippen molar-refractivity contribution in [3.8, 4) is 0 Å².